The maximum Gasteiger partial charge on any atom is 0.410 e. The molecule has 0 unspecified atom stereocenters. The standard InChI is InChI=1S/C27H35N5O5/c1-27(2,3)37-26(34)31-11-5-6-20(17-31)32(25(28)33)24-16-29-15-22(30-24)19-7-8-21(23(14-19)35-4)18-9-12-36-13-10-18/h7-9,14-16,20H,5-6,10-13,17H2,1-4H3,(H2,28,33)/t20-/m0/s1. The third-order valence-electron chi connectivity index (χ3n) is 6.33. The van der Waals surface area contributed by atoms with E-state index in [2.05, 4.69) is 11.1 Å². The Morgan fingerprint density at radius 3 is 2.73 bits per heavy atom. The first-order valence-electron chi connectivity index (χ1n) is 12.5. The number of nitrogens with zero attached hydrogens (tertiary/aromatic N) is 4. The monoisotopic (exact) mass is 509 g/mol. The second-order valence-electron chi connectivity index (χ2n) is 10.2. The van der Waals surface area contributed by atoms with Crippen LogP contribution in [0.15, 0.2) is 36.7 Å². The molecule has 3 amide bonds. The maximum atomic E-state index is 12.6. The van der Waals surface area contributed by atoms with Crippen LogP contribution in [0.1, 0.15) is 45.6 Å². The molecule has 37 heavy (non-hydrogen) atoms. The Labute approximate surface area is 217 Å². The SMILES string of the molecule is COc1cc(-c2cncc(N(C(N)=O)[C@H]3CCCN(C(=O)OC(C)(C)C)C3)n2)ccc1C1=CCOCC1. The van der Waals surface area contributed by atoms with Gasteiger partial charge in [0.2, 0.25) is 0 Å². The summed E-state index contributed by atoms with van der Waals surface area (Å²) in [4.78, 5) is 37.3. The summed E-state index contributed by atoms with van der Waals surface area (Å²) in [5.74, 6) is 1.06. The molecule has 4 rings (SSSR count). The van der Waals surface area contributed by atoms with E-state index in [0.29, 0.717) is 50.7 Å². The third-order valence-corrected chi connectivity index (χ3v) is 6.33. The van der Waals surface area contributed by atoms with Gasteiger partial charge in [0, 0.05) is 24.2 Å². The van der Waals surface area contributed by atoms with Crippen molar-refractivity contribution in [2.24, 2.45) is 5.73 Å². The number of methoxy groups -OCH3 is 1. The fourth-order valence-electron chi connectivity index (χ4n) is 4.64. The highest BCUT2D eigenvalue weighted by molar-refractivity contribution is 5.90. The molecule has 1 atom stereocenters. The van der Waals surface area contributed by atoms with Gasteiger partial charge >= 0.3 is 12.1 Å². The number of piperidine rings is 1. The lowest BCUT2D eigenvalue weighted by atomic mass is 9.98. The Morgan fingerprint density at radius 2 is 2.05 bits per heavy atom. The van der Waals surface area contributed by atoms with Crippen LogP contribution in [0, 0.1) is 0 Å². The number of urea groups is 1. The Balaban J connectivity index is 1.59. The Morgan fingerprint density at radius 1 is 1.24 bits per heavy atom. The van der Waals surface area contributed by atoms with Crippen LogP contribution in [0.5, 0.6) is 5.75 Å². The van der Waals surface area contributed by atoms with Gasteiger partial charge in [0.15, 0.2) is 5.82 Å². The van der Waals surface area contributed by atoms with Gasteiger partial charge in [-0.05, 0) is 51.7 Å². The Kier molecular flexibility index (Phi) is 7.97. The lowest BCUT2D eigenvalue weighted by molar-refractivity contribution is 0.0199. The van der Waals surface area contributed by atoms with Gasteiger partial charge in [0.1, 0.15) is 11.4 Å². The topological polar surface area (TPSA) is 120 Å². The number of ether oxygens (including phenoxy) is 3. The smallest absolute Gasteiger partial charge is 0.410 e. The number of carbonyl (C=O) groups is 2. The van der Waals surface area contributed by atoms with Gasteiger partial charge in [-0.25, -0.2) is 14.6 Å². The number of aromatic nitrogens is 2. The van der Waals surface area contributed by atoms with Gasteiger partial charge in [-0.3, -0.25) is 9.88 Å². The molecule has 3 heterocycles. The number of rotatable bonds is 5. The van der Waals surface area contributed by atoms with Gasteiger partial charge in [-0.2, -0.15) is 0 Å². The molecule has 1 fully saturated rings. The molecule has 0 spiro atoms. The molecule has 1 aromatic heterocycles. The average Bonchev–Trinajstić information content (AvgIpc) is 2.88. The number of anilines is 1. The van der Waals surface area contributed by atoms with E-state index in [-0.39, 0.29) is 6.04 Å². The molecule has 10 nitrogen and oxygen atoms in total. The predicted molar refractivity (Wildman–Crippen MR) is 140 cm³/mol. The summed E-state index contributed by atoms with van der Waals surface area (Å²) in [5.41, 5.74) is 8.77. The highest BCUT2D eigenvalue weighted by Crippen LogP contribution is 2.34. The van der Waals surface area contributed by atoms with Gasteiger partial charge in [0.05, 0.1) is 44.5 Å². The zero-order chi connectivity index (χ0) is 26.6. The van der Waals surface area contributed by atoms with Crippen LogP contribution < -0.4 is 15.4 Å². The molecule has 198 valence electrons. The van der Waals surface area contributed by atoms with Crippen molar-refractivity contribution in [3.8, 4) is 17.0 Å². The summed E-state index contributed by atoms with van der Waals surface area (Å²) < 4.78 is 16.6. The van der Waals surface area contributed by atoms with Crippen molar-refractivity contribution in [1.29, 1.82) is 0 Å². The second-order valence-corrected chi connectivity index (χ2v) is 10.2. The fourth-order valence-corrected chi connectivity index (χ4v) is 4.64. The molecule has 0 saturated carbocycles. The van der Waals surface area contributed by atoms with Crippen molar-refractivity contribution >= 4 is 23.5 Å². The van der Waals surface area contributed by atoms with Crippen molar-refractivity contribution in [1.82, 2.24) is 14.9 Å². The number of hydrogen-bond donors (Lipinski definition) is 1. The van der Waals surface area contributed by atoms with E-state index < -0.39 is 17.7 Å². The number of primary amides is 1. The first kappa shape index (κ1) is 26.4. The minimum Gasteiger partial charge on any atom is -0.496 e. The molecule has 1 aromatic carbocycles. The highest BCUT2D eigenvalue weighted by atomic mass is 16.6. The van der Waals surface area contributed by atoms with Gasteiger partial charge in [0.25, 0.3) is 0 Å². The Hall–Kier alpha value is -3.66. The summed E-state index contributed by atoms with van der Waals surface area (Å²) in [5, 5.41) is 0. The number of hydrogen-bond acceptors (Lipinski definition) is 7. The van der Waals surface area contributed by atoms with Crippen LogP contribution in [0.3, 0.4) is 0 Å². The average molecular weight is 510 g/mol. The summed E-state index contributed by atoms with van der Waals surface area (Å²) in [7, 11) is 1.64. The zero-order valence-corrected chi connectivity index (χ0v) is 21.9. The summed E-state index contributed by atoms with van der Waals surface area (Å²) in [6.07, 6.45) is 7.01. The van der Waals surface area contributed by atoms with Crippen molar-refractivity contribution < 1.29 is 23.8 Å². The normalized spacial score (nSPS) is 18.1. The van der Waals surface area contributed by atoms with Crippen molar-refractivity contribution in [3.05, 3.63) is 42.2 Å². The lowest BCUT2D eigenvalue weighted by Crippen LogP contribution is -2.54. The third kappa shape index (κ3) is 6.37. The fraction of sp³-hybridized carbons (Fsp3) is 0.481. The van der Waals surface area contributed by atoms with Crippen LogP contribution in [-0.2, 0) is 9.47 Å². The molecule has 10 heteroatoms. The molecular weight excluding hydrogens is 474 g/mol. The lowest BCUT2D eigenvalue weighted by Gasteiger charge is -2.38. The van der Waals surface area contributed by atoms with Crippen LogP contribution in [-0.4, -0.2) is 72.0 Å². The number of carbonyl (C=O) groups excluding carboxylic acids is 2. The van der Waals surface area contributed by atoms with Crippen LogP contribution in [0.2, 0.25) is 0 Å². The van der Waals surface area contributed by atoms with Crippen molar-refractivity contribution in [2.45, 2.75) is 51.7 Å². The number of nitrogens with two attached hydrogens (primary N) is 1. The molecule has 2 N–H and O–H groups in total. The van der Waals surface area contributed by atoms with Crippen LogP contribution in [0.4, 0.5) is 15.4 Å². The molecule has 0 aliphatic carbocycles. The molecule has 0 bridgehead atoms. The summed E-state index contributed by atoms with van der Waals surface area (Å²) in [6, 6.07) is 4.88. The second kappa shape index (κ2) is 11.2. The first-order chi connectivity index (χ1) is 17.7. The van der Waals surface area contributed by atoms with Crippen molar-refractivity contribution in [3.63, 3.8) is 0 Å². The number of benzene rings is 1. The van der Waals surface area contributed by atoms with Gasteiger partial charge < -0.3 is 24.8 Å². The van der Waals surface area contributed by atoms with E-state index in [4.69, 9.17) is 24.9 Å². The largest absolute Gasteiger partial charge is 0.496 e. The maximum absolute atomic E-state index is 12.6. The van der Waals surface area contributed by atoms with E-state index in [1.165, 1.54) is 16.7 Å². The highest BCUT2D eigenvalue weighted by Gasteiger charge is 2.33. The van der Waals surface area contributed by atoms with E-state index in [1.807, 2.05) is 39.0 Å². The molecule has 2 aliphatic rings. The van der Waals surface area contributed by atoms with E-state index in [1.54, 1.807) is 18.2 Å². The Bertz CT molecular complexity index is 1180. The minimum absolute atomic E-state index is 0.297. The van der Waals surface area contributed by atoms with E-state index >= 15 is 0 Å². The molecule has 1 saturated heterocycles. The van der Waals surface area contributed by atoms with E-state index in [9.17, 15) is 9.59 Å². The number of amides is 3. The first-order valence-corrected chi connectivity index (χ1v) is 12.5. The molecule has 2 aliphatic heterocycles. The minimum atomic E-state index is -0.651. The molecule has 2 aromatic rings. The van der Waals surface area contributed by atoms with E-state index in [0.717, 1.165) is 23.3 Å². The molecular formula is C27H35N5O5. The number of likely N-dealkylation sites (tertiary alicyclic amines) is 1. The van der Waals surface area contributed by atoms with Gasteiger partial charge in [-0.15, -0.1) is 0 Å². The zero-order valence-electron chi connectivity index (χ0n) is 21.9. The predicted octanol–water partition coefficient (Wildman–Crippen LogP) is 4.24. The van der Waals surface area contributed by atoms with Crippen molar-refractivity contribution in [2.75, 3.05) is 38.3 Å². The summed E-state index contributed by atoms with van der Waals surface area (Å²) >= 11 is 0. The van der Waals surface area contributed by atoms with Gasteiger partial charge in [-0.1, -0.05) is 18.2 Å². The van der Waals surface area contributed by atoms with Crippen LogP contribution in [0.25, 0.3) is 16.8 Å². The summed E-state index contributed by atoms with van der Waals surface area (Å²) in [6.45, 7) is 7.59. The molecule has 0 radical (unpaired) electrons. The quantitative estimate of drug-likeness (QED) is 0.640. The van der Waals surface area contributed by atoms with Crippen LogP contribution >= 0.6 is 0 Å².